The molecule has 2 aromatic carbocycles. The number of nitrogens with two attached hydrogens (primary N) is 1. The van der Waals surface area contributed by atoms with Gasteiger partial charge in [-0.2, -0.15) is 0 Å². The molecule has 0 saturated heterocycles. The molecular formula is C14H13Br2NO2. The summed E-state index contributed by atoms with van der Waals surface area (Å²) in [6.45, 7) is 0.407. The van der Waals surface area contributed by atoms with Gasteiger partial charge in [0.15, 0.2) is 0 Å². The van der Waals surface area contributed by atoms with E-state index in [-0.39, 0.29) is 0 Å². The minimum Gasteiger partial charge on any atom is -0.496 e. The van der Waals surface area contributed by atoms with Gasteiger partial charge in [0.2, 0.25) is 0 Å². The van der Waals surface area contributed by atoms with E-state index in [0.29, 0.717) is 18.0 Å². The Kier molecular flexibility index (Phi) is 4.71. The monoisotopic (exact) mass is 385 g/mol. The van der Waals surface area contributed by atoms with Gasteiger partial charge < -0.3 is 15.2 Å². The highest BCUT2D eigenvalue weighted by atomic mass is 79.9. The third-order valence-electron chi connectivity index (χ3n) is 2.62. The molecule has 0 spiro atoms. The fourth-order valence-electron chi connectivity index (χ4n) is 1.65. The highest BCUT2D eigenvalue weighted by Crippen LogP contribution is 2.32. The largest absolute Gasteiger partial charge is 0.496 e. The lowest BCUT2D eigenvalue weighted by Crippen LogP contribution is -2.00. The fraction of sp³-hybridized carbons (Fsp3) is 0.143. The van der Waals surface area contributed by atoms with Crippen molar-refractivity contribution in [2.24, 2.45) is 0 Å². The summed E-state index contributed by atoms with van der Waals surface area (Å²) in [4.78, 5) is 0. The molecule has 2 rings (SSSR count). The Bertz CT molecular complexity index is 588. The molecule has 0 unspecified atom stereocenters. The normalized spacial score (nSPS) is 10.3. The topological polar surface area (TPSA) is 44.5 Å². The summed E-state index contributed by atoms with van der Waals surface area (Å²) in [5, 5.41) is 0. The van der Waals surface area contributed by atoms with Crippen molar-refractivity contribution in [1.82, 2.24) is 0 Å². The number of benzene rings is 2. The van der Waals surface area contributed by atoms with Gasteiger partial charge in [-0.15, -0.1) is 0 Å². The van der Waals surface area contributed by atoms with Crippen molar-refractivity contribution in [3.63, 3.8) is 0 Å². The molecule has 2 aromatic rings. The third-order valence-corrected chi connectivity index (χ3v) is 3.96. The molecule has 0 aliphatic heterocycles. The van der Waals surface area contributed by atoms with Crippen LogP contribution in [0.3, 0.4) is 0 Å². The van der Waals surface area contributed by atoms with Crippen molar-refractivity contribution in [2.75, 3.05) is 12.8 Å². The average molecular weight is 387 g/mol. The predicted molar refractivity (Wildman–Crippen MR) is 83.6 cm³/mol. The summed E-state index contributed by atoms with van der Waals surface area (Å²) in [5.74, 6) is 1.50. The Labute approximate surface area is 129 Å². The number of ether oxygens (including phenoxy) is 2. The number of hydrogen-bond acceptors (Lipinski definition) is 3. The van der Waals surface area contributed by atoms with E-state index in [1.165, 1.54) is 0 Å². The molecule has 0 fully saturated rings. The molecule has 19 heavy (non-hydrogen) atoms. The van der Waals surface area contributed by atoms with Crippen molar-refractivity contribution in [2.45, 2.75) is 6.61 Å². The molecule has 0 saturated carbocycles. The molecule has 0 aromatic heterocycles. The average Bonchev–Trinajstić information content (AvgIpc) is 2.40. The Morgan fingerprint density at radius 3 is 2.63 bits per heavy atom. The second-order valence-corrected chi connectivity index (χ2v) is 5.61. The molecule has 0 heterocycles. The minimum absolute atomic E-state index is 0.407. The fourth-order valence-corrected chi connectivity index (χ4v) is 2.44. The number of rotatable bonds is 4. The predicted octanol–water partition coefficient (Wildman–Crippen LogP) is 4.38. The van der Waals surface area contributed by atoms with Gasteiger partial charge in [-0.05, 0) is 46.3 Å². The van der Waals surface area contributed by atoms with E-state index in [4.69, 9.17) is 15.2 Å². The van der Waals surface area contributed by atoms with Crippen LogP contribution in [-0.2, 0) is 6.61 Å². The molecule has 100 valence electrons. The van der Waals surface area contributed by atoms with Crippen molar-refractivity contribution >= 4 is 37.5 Å². The van der Waals surface area contributed by atoms with Gasteiger partial charge in [-0.3, -0.25) is 0 Å². The van der Waals surface area contributed by atoms with E-state index < -0.39 is 0 Å². The quantitative estimate of drug-likeness (QED) is 0.793. The highest BCUT2D eigenvalue weighted by molar-refractivity contribution is 9.11. The van der Waals surface area contributed by atoms with Gasteiger partial charge >= 0.3 is 0 Å². The molecule has 0 aliphatic rings. The lowest BCUT2D eigenvalue weighted by molar-refractivity contribution is 0.295. The summed E-state index contributed by atoms with van der Waals surface area (Å²) in [7, 11) is 1.64. The van der Waals surface area contributed by atoms with Gasteiger partial charge in [0.1, 0.15) is 18.1 Å². The van der Waals surface area contributed by atoms with Crippen LogP contribution in [0.25, 0.3) is 0 Å². The zero-order chi connectivity index (χ0) is 13.8. The van der Waals surface area contributed by atoms with E-state index >= 15 is 0 Å². The van der Waals surface area contributed by atoms with Gasteiger partial charge in [0.25, 0.3) is 0 Å². The summed E-state index contributed by atoms with van der Waals surface area (Å²) in [6.07, 6.45) is 0. The van der Waals surface area contributed by atoms with Crippen LogP contribution in [0.1, 0.15) is 5.56 Å². The maximum atomic E-state index is 5.81. The van der Waals surface area contributed by atoms with Gasteiger partial charge in [-0.1, -0.05) is 22.0 Å². The second-order valence-electron chi connectivity index (χ2n) is 3.90. The molecule has 2 N–H and O–H groups in total. The number of methoxy groups -OCH3 is 1. The van der Waals surface area contributed by atoms with Crippen LogP contribution in [0.5, 0.6) is 11.5 Å². The molecule has 0 bridgehead atoms. The SMILES string of the molecule is COc1ccc(Br)cc1COc1cccc(N)c1Br. The number of halogens is 2. The Hall–Kier alpha value is -1.20. The third kappa shape index (κ3) is 3.42. The molecule has 3 nitrogen and oxygen atoms in total. The standard InChI is InChI=1S/C14H13Br2NO2/c1-18-12-6-5-10(15)7-9(12)8-19-13-4-2-3-11(17)14(13)16/h2-7H,8,17H2,1H3. The Morgan fingerprint density at radius 2 is 1.89 bits per heavy atom. The summed E-state index contributed by atoms with van der Waals surface area (Å²) in [5.41, 5.74) is 7.43. The zero-order valence-corrected chi connectivity index (χ0v) is 13.5. The molecule has 5 heteroatoms. The molecule has 0 radical (unpaired) electrons. The van der Waals surface area contributed by atoms with Crippen molar-refractivity contribution in [3.05, 3.63) is 50.9 Å². The Morgan fingerprint density at radius 1 is 1.11 bits per heavy atom. The van der Waals surface area contributed by atoms with Crippen LogP contribution in [0.15, 0.2) is 45.3 Å². The molecular weight excluding hydrogens is 374 g/mol. The van der Waals surface area contributed by atoms with E-state index in [0.717, 1.165) is 20.3 Å². The molecule has 0 amide bonds. The van der Waals surface area contributed by atoms with Crippen LogP contribution >= 0.6 is 31.9 Å². The Balaban J connectivity index is 2.18. The second kappa shape index (κ2) is 6.30. The first-order valence-electron chi connectivity index (χ1n) is 5.61. The minimum atomic E-state index is 0.407. The number of hydrogen-bond donors (Lipinski definition) is 1. The lowest BCUT2D eigenvalue weighted by atomic mass is 10.2. The molecule has 0 aliphatic carbocycles. The van der Waals surface area contributed by atoms with Crippen LogP contribution in [0, 0.1) is 0 Å². The van der Waals surface area contributed by atoms with E-state index in [1.54, 1.807) is 7.11 Å². The first-order chi connectivity index (χ1) is 9.11. The lowest BCUT2D eigenvalue weighted by Gasteiger charge is -2.12. The van der Waals surface area contributed by atoms with Crippen LogP contribution in [0.2, 0.25) is 0 Å². The smallest absolute Gasteiger partial charge is 0.136 e. The van der Waals surface area contributed by atoms with Crippen molar-refractivity contribution < 1.29 is 9.47 Å². The van der Waals surface area contributed by atoms with Gasteiger partial charge in [0, 0.05) is 15.7 Å². The van der Waals surface area contributed by atoms with Crippen molar-refractivity contribution in [1.29, 1.82) is 0 Å². The zero-order valence-electron chi connectivity index (χ0n) is 10.3. The first-order valence-corrected chi connectivity index (χ1v) is 7.19. The summed E-state index contributed by atoms with van der Waals surface area (Å²) >= 11 is 6.85. The highest BCUT2D eigenvalue weighted by Gasteiger charge is 2.08. The molecule has 0 atom stereocenters. The van der Waals surface area contributed by atoms with Crippen LogP contribution in [-0.4, -0.2) is 7.11 Å². The first kappa shape index (κ1) is 14.2. The summed E-state index contributed by atoms with van der Waals surface area (Å²) < 4.78 is 12.8. The number of nitrogen functional groups attached to an aromatic ring is 1. The van der Waals surface area contributed by atoms with E-state index in [1.807, 2.05) is 36.4 Å². The van der Waals surface area contributed by atoms with Crippen LogP contribution < -0.4 is 15.2 Å². The van der Waals surface area contributed by atoms with E-state index in [2.05, 4.69) is 31.9 Å². The van der Waals surface area contributed by atoms with Gasteiger partial charge in [0.05, 0.1) is 11.6 Å². The maximum absolute atomic E-state index is 5.81. The van der Waals surface area contributed by atoms with Crippen LogP contribution in [0.4, 0.5) is 5.69 Å². The van der Waals surface area contributed by atoms with Gasteiger partial charge in [-0.25, -0.2) is 0 Å². The maximum Gasteiger partial charge on any atom is 0.136 e. The van der Waals surface area contributed by atoms with E-state index in [9.17, 15) is 0 Å². The summed E-state index contributed by atoms with van der Waals surface area (Å²) in [6, 6.07) is 11.3. The van der Waals surface area contributed by atoms with Crippen molar-refractivity contribution in [3.8, 4) is 11.5 Å². The number of anilines is 1.